The number of anilines is 1. The maximum atomic E-state index is 12.3. The summed E-state index contributed by atoms with van der Waals surface area (Å²) < 4.78 is 51.7. The van der Waals surface area contributed by atoms with Crippen molar-refractivity contribution in [1.29, 1.82) is 0 Å². The van der Waals surface area contributed by atoms with Crippen molar-refractivity contribution in [2.45, 2.75) is 37.8 Å². The number of aromatic carboxylic acids is 1. The first kappa shape index (κ1) is 21.6. The molecule has 1 saturated heterocycles. The highest BCUT2D eigenvalue weighted by Gasteiger charge is 2.31. The van der Waals surface area contributed by atoms with Crippen LogP contribution in [0.4, 0.5) is 19.0 Å². The molecular weight excluding hydrogens is 407 g/mol. The summed E-state index contributed by atoms with van der Waals surface area (Å²) in [5.41, 5.74) is 0.555. The number of aromatic nitrogens is 2. The Morgan fingerprint density at radius 3 is 2.63 bits per heavy atom. The van der Waals surface area contributed by atoms with E-state index in [4.69, 9.17) is 14.6 Å². The van der Waals surface area contributed by atoms with Gasteiger partial charge >= 0.3 is 18.3 Å². The molecule has 2 aromatic rings. The van der Waals surface area contributed by atoms with Crippen LogP contribution in [-0.4, -0.2) is 47.2 Å². The molecule has 2 heterocycles. The van der Waals surface area contributed by atoms with Crippen LogP contribution in [0.15, 0.2) is 30.3 Å². The Balaban J connectivity index is 1.60. The van der Waals surface area contributed by atoms with Crippen molar-refractivity contribution in [3.8, 4) is 11.8 Å². The third-order valence-electron chi connectivity index (χ3n) is 4.45. The smallest absolute Gasteiger partial charge is 0.477 e. The minimum absolute atomic E-state index is 0.0685. The zero-order valence-electron chi connectivity index (χ0n) is 16.0. The number of ether oxygens (including phenoxy) is 3. The lowest BCUT2D eigenvalue weighted by Crippen LogP contribution is -2.29. The zero-order valence-corrected chi connectivity index (χ0v) is 16.0. The first-order valence-corrected chi connectivity index (χ1v) is 9.15. The fraction of sp³-hybridized carbons (Fsp3) is 0.421. The van der Waals surface area contributed by atoms with Crippen LogP contribution >= 0.6 is 0 Å². The van der Waals surface area contributed by atoms with Gasteiger partial charge in [-0.05, 0) is 37.0 Å². The van der Waals surface area contributed by atoms with Crippen molar-refractivity contribution in [1.82, 2.24) is 9.97 Å². The van der Waals surface area contributed by atoms with Gasteiger partial charge in [-0.1, -0.05) is 12.1 Å². The molecule has 1 aliphatic heterocycles. The lowest BCUT2D eigenvalue weighted by Gasteiger charge is -2.30. The van der Waals surface area contributed by atoms with E-state index in [0.29, 0.717) is 12.4 Å². The number of alkyl halides is 3. The minimum Gasteiger partial charge on any atom is -0.477 e. The molecule has 2 N–H and O–H groups in total. The third kappa shape index (κ3) is 5.96. The summed E-state index contributed by atoms with van der Waals surface area (Å²) in [6.45, 7) is 0.366. The third-order valence-corrected chi connectivity index (χ3v) is 4.45. The average molecular weight is 427 g/mol. The van der Waals surface area contributed by atoms with E-state index in [0.717, 1.165) is 24.8 Å². The number of nitrogens with one attached hydrogen (secondary N) is 1. The molecule has 3 rings (SSSR count). The zero-order chi connectivity index (χ0) is 21.7. The molecule has 0 radical (unpaired) electrons. The largest absolute Gasteiger partial charge is 0.573 e. The second-order valence-corrected chi connectivity index (χ2v) is 6.61. The second-order valence-electron chi connectivity index (χ2n) is 6.61. The van der Waals surface area contributed by atoms with Crippen LogP contribution in [0.1, 0.15) is 41.4 Å². The summed E-state index contributed by atoms with van der Waals surface area (Å²) in [5.74, 6) is -1.20. The Bertz CT molecular complexity index is 877. The van der Waals surface area contributed by atoms with Crippen molar-refractivity contribution < 1.29 is 37.3 Å². The number of hydrogen-bond acceptors (Lipinski definition) is 7. The molecule has 162 valence electrons. The summed E-state index contributed by atoms with van der Waals surface area (Å²) in [5, 5.41) is 12.1. The molecule has 2 atom stereocenters. The van der Waals surface area contributed by atoms with E-state index in [-0.39, 0.29) is 29.7 Å². The summed E-state index contributed by atoms with van der Waals surface area (Å²) in [7, 11) is 1.34. The molecule has 1 aliphatic rings. The van der Waals surface area contributed by atoms with E-state index in [1.54, 1.807) is 12.1 Å². The highest BCUT2D eigenvalue weighted by atomic mass is 19.4. The van der Waals surface area contributed by atoms with E-state index in [9.17, 15) is 18.0 Å². The van der Waals surface area contributed by atoms with Crippen LogP contribution in [0.25, 0.3) is 0 Å². The minimum atomic E-state index is -4.73. The number of carboxylic acid groups (broad SMARTS) is 1. The Morgan fingerprint density at radius 1 is 1.27 bits per heavy atom. The topological polar surface area (TPSA) is 103 Å². The summed E-state index contributed by atoms with van der Waals surface area (Å²) >= 11 is 0. The molecule has 2 unspecified atom stereocenters. The van der Waals surface area contributed by atoms with Gasteiger partial charge in [0.2, 0.25) is 0 Å². The molecule has 1 fully saturated rings. The van der Waals surface area contributed by atoms with Gasteiger partial charge in [0.15, 0.2) is 5.69 Å². The molecule has 1 aromatic carbocycles. The van der Waals surface area contributed by atoms with Crippen molar-refractivity contribution in [3.63, 3.8) is 0 Å². The van der Waals surface area contributed by atoms with E-state index in [1.165, 1.54) is 25.3 Å². The number of halogens is 3. The first-order valence-electron chi connectivity index (χ1n) is 9.15. The van der Waals surface area contributed by atoms with Gasteiger partial charge in [0.25, 0.3) is 0 Å². The molecular formula is C19H20F3N3O5. The van der Waals surface area contributed by atoms with E-state index in [2.05, 4.69) is 20.0 Å². The van der Waals surface area contributed by atoms with Gasteiger partial charge in [0.05, 0.1) is 19.3 Å². The SMILES string of the molecule is COc1nc(NCC2CCCC(c3ccc(OC(F)(F)F)cc3)O2)cc(C(=O)O)n1. The summed E-state index contributed by atoms with van der Waals surface area (Å²) in [6.07, 6.45) is -2.81. The molecule has 0 amide bonds. The molecule has 1 aromatic heterocycles. The van der Waals surface area contributed by atoms with Gasteiger partial charge < -0.3 is 24.6 Å². The van der Waals surface area contributed by atoms with Gasteiger partial charge in [0, 0.05) is 12.6 Å². The average Bonchev–Trinajstić information content (AvgIpc) is 2.71. The number of carboxylic acids is 1. The molecule has 0 spiro atoms. The second kappa shape index (κ2) is 9.16. The maximum absolute atomic E-state index is 12.3. The first-order chi connectivity index (χ1) is 14.2. The highest BCUT2D eigenvalue weighted by molar-refractivity contribution is 5.86. The quantitative estimate of drug-likeness (QED) is 0.688. The van der Waals surface area contributed by atoms with Gasteiger partial charge in [0.1, 0.15) is 11.6 Å². The Kier molecular flexibility index (Phi) is 6.60. The van der Waals surface area contributed by atoms with Crippen LogP contribution in [0.2, 0.25) is 0 Å². The van der Waals surface area contributed by atoms with Gasteiger partial charge in [-0.3, -0.25) is 0 Å². The molecule has 0 bridgehead atoms. The van der Waals surface area contributed by atoms with E-state index in [1.807, 2.05) is 0 Å². The van der Waals surface area contributed by atoms with E-state index >= 15 is 0 Å². The normalized spacial score (nSPS) is 19.2. The van der Waals surface area contributed by atoms with Gasteiger partial charge in [-0.25, -0.2) is 4.79 Å². The monoisotopic (exact) mass is 427 g/mol. The van der Waals surface area contributed by atoms with Crippen molar-refractivity contribution >= 4 is 11.8 Å². The van der Waals surface area contributed by atoms with Crippen LogP contribution < -0.4 is 14.8 Å². The molecule has 11 heteroatoms. The van der Waals surface area contributed by atoms with Crippen molar-refractivity contribution in [3.05, 3.63) is 41.6 Å². The predicted molar refractivity (Wildman–Crippen MR) is 98.6 cm³/mol. The Labute approximate surface area is 170 Å². The van der Waals surface area contributed by atoms with Crippen molar-refractivity contribution in [2.24, 2.45) is 0 Å². The lowest BCUT2D eigenvalue weighted by molar-refractivity contribution is -0.274. The van der Waals surface area contributed by atoms with E-state index < -0.39 is 12.3 Å². The maximum Gasteiger partial charge on any atom is 0.573 e. The van der Waals surface area contributed by atoms with Gasteiger partial charge in [-0.2, -0.15) is 9.97 Å². The standard InChI is InChI=1S/C19H20F3N3O5/c1-28-18-24-14(17(26)27)9-16(25-18)23-10-13-3-2-4-15(29-13)11-5-7-12(8-6-11)30-19(20,21)22/h5-9,13,15H,2-4,10H2,1H3,(H,26,27)(H,23,24,25). The molecule has 8 nitrogen and oxygen atoms in total. The fourth-order valence-electron chi connectivity index (χ4n) is 3.11. The van der Waals surface area contributed by atoms with Gasteiger partial charge in [-0.15, -0.1) is 13.2 Å². The van der Waals surface area contributed by atoms with Crippen molar-refractivity contribution in [2.75, 3.05) is 19.0 Å². The number of benzene rings is 1. The number of methoxy groups -OCH3 is 1. The predicted octanol–water partition coefficient (Wildman–Crippen LogP) is 3.80. The Hall–Kier alpha value is -3.08. The number of carbonyl (C=O) groups is 1. The number of hydrogen-bond donors (Lipinski definition) is 2. The summed E-state index contributed by atoms with van der Waals surface area (Å²) in [4.78, 5) is 19.0. The summed E-state index contributed by atoms with van der Waals surface area (Å²) in [6, 6.07) is 6.85. The number of nitrogens with zero attached hydrogens (tertiary/aromatic N) is 2. The molecule has 30 heavy (non-hydrogen) atoms. The van der Waals surface area contributed by atoms with Crippen LogP contribution in [0, 0.1) is 0 Å². The molecule has 0 saturated carbocycles. The van der Waals surface area contributed by atoms with Crippen LogP contribution in [0.5, 0.6) is 11.8 Å². The number of rotatable bonds is 7. The Morgan fingerprint density at radius 2 is 2.00 bits per heavy atom. The van der Waals surface area contributed by atoms with Crippen LogP contribution in [0.3, 0.4) is 0 Å². The molecule has 0 aliphatic carbocycles. The highest BCUT2D eigenvalue weighted by Crippen LogP contribution is 2.33. The fourth-order valence-corrected chi connectivity index (χ4v) is 3.11. The lowest BCUT2D eigenvalue weighted by atomic mass is 9.98. The van der Waals surface area contributed by atoms with Crippen LogP contribution in [-0.2, 0) is 4.74 Å².